The second-order valence-corrected chi connectivity index (χ2v) is 22.2. The number of carbonyl (C=O) groups is 4. The van der Waals surface area contributed by atoms with Crippen LogP contribution in [0.3, 0.4) is 0 Å². The van der Waals surface area contributed by atoms with E-state index in [1.54, 1.807) is 0 Å². The van der Waals surface area contributed by atoms with Crippen LogP contribution in [-0.2, 0) is 38.3 Å². The molecule has 3 heterocycles. The Hall–Kier alpha value is -12.7. The lowest BCUT2D eigenvalue weighted by molar-refractivity contribution is -0.115. The van der Waals surface area contributed by atoms with Gasteiger partial charge in [0, 0.05) is 89.8 Å². The van der Waals surface area contributed by atoms with Gasteiger partial charge in [0.15, 0.2) is 81.2 Å². The summed E-state index contributed by atoms with van der Waals surface area (Å²) in [6, 6.07) is 11.1. The molecule has 0 saturated carbocycles. The highest BCUT2D eigenvalue weighted by Crippen LogP contribution is 2.51. The van der Waals surface area contributed by atoms with Crippen molar-refractivity contribution in [3.8, 4) is 103 Å². The van der Waals surface area contributed by atoms with Crippen LogP contribution in [0.5, 0.6) is 103 Å². The lowest BCUT2D eigenvalue weighted by atomic mass is 9.73. The van der Waals surface area contributed by atoms with E-state index in [0.29, 0.717) is 6.07 Å². The Labute approximate surface area is 518 Å². The van der Waals surface area contributed by atoms with Crippen LogP contribution in [0, 0.1) is 11.8 Å². The van der Waals surface area contributed by atoms with Crippen LogP contribution in [0.2, 0.25) is 0 Å². The molecule has 7 aromatic carbocycles. The van der Waals surface area contributed by atoms with Crippen molar-refractivity contribution < 1.29 is 140 Å². The maximum Gasteiger partial charge on any atom is 0.338 e. The predicted octanol–water partition coefficient (Wildman–Crippen LogP) is 5.90. The van der Waals surface area contributed by atoms with Gasteiger partial charge in [0.2, 0.25) is 11.2 Å². The fraction of sp³-hybridized carbons (Fsp3) is 0.172. The highest BCUT2D eigenvalue weighted by Gasteiger charge is 2.50. The summed E-state index contributed by atoms with van der Waals surface area (Å²) in [6.07, 6.45) is -9.06. The zero-order valence-electron chi connectivity index (χ0n) is 47.0. The van der Waals surface area contributed by atoms with Gasteiger partial charge in [-0.2, -0.15) is 0 Å². The summed E-state index contributed by atoms with van der Waals surface area (Å²) in [5.41, 5.74) is -5.05. The molecule has 12 rings (SSSR count). The Morgan fingerprint density at radius 3 is 1.34 bits per heavy atom. The van der Waals surface area contributed by atoms with Crippen molar-refractivity contribution in [3.05, 3.63) is 175 Å². The van der Waals surface area contributed by atoms with E-state index in [1.807, 2.05) is 0 Å². The number of aliphatic hydroxyl groups is 3. The highest BCUT2D eigenvalue weighted by molar-refractivity contribution is 6.09. The highest BCUT2D eigenvalue weighted by atomic mass is 16.6. The van der Waals surface area contributed by atoms with Crippen molar-refractivity contribution in [1.82, 2.24) is 0 Å². The Balaban J connectivity index is 0.966. The van der Waals surface area contributed by atoms with E-state index in [-0.39, 0.29) is 39.5 Å². The van der Waals surface area contributed by atoms with Crippen molar-refractivity contribution in [2.45, 2.75) is 55.9 Å². The molecule has 29 nitrogen and oxygen atoms in total. The molecule has 0 amide bonds. The Kier molecular flexibility index (Phi) is 14.6. The molecule has 3 aliphatic heterocycles. The van der Waals surface area contributed by atoms with Crippen LogP contribution in [0.4, 0.5) is 0 Å². The van der Waals surface area contributed by atoms with Crippen molar-refractivity contribution >= 4 is 34.5 Å². The van der Waals surface area contributed by atoms with Gasteiger partial charge in [-0.3, -0.25) is 9.59 Å². The molecule has 29 heteroatoms. The van der Waals surface area contributed by atoms with E-state index < -0.39 is 239 Å². The molecular formula is C64H48O29. The molecule has 0 saturated heterocycles. The Morgan fingerprint density at radius 2 is 0.839 bits per heavy atom. The molecule has 478 valence electrons. The first-order chi connectivity index (χ1) is 44.0. The number of rotatable bonds is 9. The van der Waals surface area contributed by atoms with Gasteiger partial charge in [-0.1, -0.05) is 6.08 Å². The number of aromatic hydroxyl groups is 15. The molecule has 0 fully saturated rings. The zero-order chi connectivity index (χ0) is 66.7. The van der Waals surface area contributed by atoms with Crippen molar-refractivity contribution in [1.29, 1.82) is 0 Å². The lowest BCUT2D eigenvalue weighted by Gasteiger charge is -2.41. The topological polar surface area (TPSA) is 505 Å². The monoisotopic (exact) mass is 1280 g/mol. The van der Waals surface area contributed by atoms with Gasteiger partial charge < -0.3 is 120 Å². The smallest absolute Gasteiger partial charge is 0.338 e. The molecule has 2 aliphatic carbocycles. The van der Waals surface area contributed by atoms with Crippen molar-refractivity contribution in [3.63, 3.8) is 0 Å². The van der Waals surface area contributed by atoms with Crippen LogP contribution in [0.15, 0.2) is 130 Å². The summed E-state index contributed by atoms with van der Waals surface area (Å²) in [6.45, 7) is 0. The van der Waals surface area contributed by atoms with E-state index >= 15 is 4.79 Å². The normalized spacial score (nSPS) is 21.3. The minimum Gasteiger partial charge on any atom is -0.508 e. The minimum absolute atomic E-state index is 0.0538. The number of Topliss-reactive ketones (excluding diaryl/α,β-unsaturated/α-hetero) is 1. The van der Waals surface area contributed by atoms with Crippen LogP contribution in [0.1, 0.15) is 59.4 Å². The minimum atomic E-state index is -1.82. The number of ketones is 1. The second kappa shape index (κ2) is 22.4. The third-order valence-electron chi connectivity index (χ3n) is 16.3. The molecule has 2 unspecified atom stereocenters. The summed E-state index contributed by atoms with van der Waals surface area (Å²) in [5.74, 6) is -25.4. The molecule has 0 aromatic heterocycles. The largest absolute Gasteiger partial charge is 0.508 e. The maximum atomic E-state index is 15.1. The van der Waals surface area contributed by atoms with Crippen LogP contribution < -0.4 is 19.6 Å². The number of fused-ring (bicyclic) bond motifs is 5. The van der Waals surface area contributed by atoms with Gasteiger partial charge in [0.1, 0.15) is 76.2 Å². The van der Waals surface area contributed by atoms with E-state index in [0.717, 1.165) is 84.9 Å². The number of aliphatic hydroxyl groups excluding tert-OH is 3. The third kappa shape index (κ3) is 10.6. The number of phenols is 14. The van der Waals surface area contributed by atoms with Gasteiger partial charge in [0.05, 0.1) is 27.6 Å². The number of esters is 3. The number of ether oxygens (including phenoxy) is 6. The summed E-state index contributed by atoms with van der Waals surface area (Å²) in [7, 11) is 0. The summed E-state index contributed by atoms with van der Waals surface area (Å²) in [4.78, 5) is 71.5. The van der Waals surface area contributed by atoms with E-state index in [1.165, 1.54) is 6.08 Å². The average Bonchev–Trinajstić information content (AvgIpc) is 1.75. The van der Waals surface area contributed by atoms with Gasteiger partial charge in [0.25, 0.3) is 0 Å². The van der Waals surface area contributed by atoms with Gasteiger partial charge in [-0.25, -0.2) is 14.4 Å². The van der Waals surface area contributed by atoms with Crippen LogP contribution >= 0.6 is 0 Å². The van der Waals surface area contributed by atoms with E-state index in [4.69, 9.17) is 28.4 Å². The van der Waals surface area contributed by atoms with Gasteiger partial charge in [-0.15, -0.1) is 0 Å². The van der Waals surface area contributed by atoms with E-state index in [9.17, 15) is 111 Å². The fourth-order valence-electron chi connectivity index (χ4n) is 12.0. The Morgan fingerprint density at radius 1 is 0.419 bits per heavy atom. The molecule has 7 aromatic rings. The Bertz CT molecular complexity index is 4610. The lowest BCUT2D eigenvalue weighted by Crippen LogP contribution is -2.48. The summed E-state index contributed by atoms with van der Waals surface area (Å²) in [5, 5.41) is 193. The summed E-state index contributed by atoms with van der Waals surface area (Å²) >= 11 is 0. The van der Waals surface area contributed by atoms with Crippen molar-refractivity contribution in [2.75, 3.05) is 0 Å². The molecule has 0 bridgehead atoms. The first kappa shape index (κ1) is 60.6. The molecule has 18 N–H and O–H groups in total. The molecule has 8 atom stereocenters. The molecule has 0 radical (unpaired) electrons. The number of hydrogen-bond donors (Lipinski definition) is 18. The van der Waals surface area contributed by atoms with Crippen LogP contribution in [-0.4, -0.2) is 146 Å². The van der Waals surface area contributed by atoms with Gasteiger partial charge >= 0.3 is 17.9 Å². The first-order valence-corrected chi connectivity index (χ1v) is 27.6. The SMILES string of the molecule is O=C1C(O)=CC([C@H]2Oc3cc(O)cc(O)c3C[C@H]2OC(=O)c2cc(O)c(=O)c3c(O)c(O)cc([C@H]4Oc5cc(O)cc(O)c5C[C@H]4OC(=O)c4cc(O)c(O)c(O)c4)c3c2)=CC2C1=C(O)C(O)=CC2[C@H]1Oc2cc(O)cc(O)c2C[C@H]1OC(=O)c1cc(O)c(O)c(O)c1. The number of allylic oxidation sites excluding steroid dienone is 2. The summed E-state index contributed by atoms with van der Waals surface area (Å²) < 4.78 is 36.7. The quantitative estimate of drug-likeness (QED) is 0.0454. The first-order valence-electron chi connectivity index (χ1n) is 27.6. The molecule has 5 aliphatic rings. The van der Waals surface area contributed by atoms with Crippen molar-refractivity contribution in [2.24, 2.45) is 11.8 Å². The standard InChI is InChI=1S/C64H48O29/c65-24-9-34(68)31-17-48(91-62(85)21-2-28-30(16-44(78)58(84)52(28)56(82)42(76)4-21)61-50(19-33-36(70)11-26(67)14-47(33)90-61)93-64(87)23-7-39(73)54(80)40(74)8-23)59(88-45(31)12-24)20-1-27-29(15-43(77)57(83)51(27)55(81)41(75)3-20)60-49(18-32-35(69)10-25(66)13-46(32)89-60)92-63(86)22-5-37(71)53(79)38(72)6-22/h1-16,27,29,48-50,59-61,65-75,77-80,83-84H,17-19H2,(H,76,82)/t27?,29?,48-,49-,50-,59-,60-,61-/m1/s1. The number of hydrogen-bond acceptors (Lipinski definition) is 29. The van der Waals surface area contributed by atoms with Crippen LogP contribution in [0.25, 0.3) is 10.8 Å². The number of phenolic OH excluding ortho intramolecular Hbond substituents is 14. The molecule has 0 spiro atoms. The second-order valence-electron chi connectivity index (χ2n) is 22.2. The number of benzene rings is 6. The maximum absolute atomic E-state index is 15.1. The van der Waals surface area contributed by atoms with Gasteiger partial charge in [-0.05, 0) is 65.6 Å². The predicted molar refractivity (Wildman–Crippen MR) is 309 cm³/mol. The van der Waals surface area contributed by atoms with E-state index in [2.05, 4.69) is 0 Å². The molecular weight excluding hydrogens is 1230 g/mol. The average molecular weight is 1280 g/mol. The number of carbonyl (C=O) groups excluding carboxylic acids is 4. The zero-order valence-corrected chi connectivity index (χ0v) is 47.0. The third-order valence-corrected chi connectivity index (χ3v) is 16.3. The molecule has 93 heavy (non-hydrogen) atoms. The fourth-order valence-corrected chi connectivity index (χ4v) is 12.0.